The number of hydrogen-bond donors (Lipinski definition) is 1. The summed E-state index contributed by atoms with van der Waals surface area (Å²) in [6.07, 6.45) is -2.56. The van der Waals surface area contributed by atoms with E-state index in [0.29, 0.717) is 11.0 Å². The Labute approximate surface area is 122 Å². The lowest BCUT2D eigenvalue weighted by Crippen LogP contribution is -2.29. The maximum absolute atomic E-state index is 12.6. The molecule has 0 aromatic heterocycles. The molecule has 1 aromatic rings. The number of nitrogens with one attached hydrogen (secondary N) is 1. The molecule has 0 radical (unpaired) electrons. The molecule has 106 valence electrons. The van der Waals surface area contributed by atoms with E-state index in [1.54, 1.807) is 11.8 Å². The lowest BCUT2D eigenvalue weighted by atomic mass is 10.1. The molecule has 0 spiro atoms. The van der Waals surface area contributed by atoms with E-state index in [0.717, 1.165) is 12.1 Å². The van der Waals surface area contributed by atoms with Crippen LogP contribution in [0.15, 0.2) is 22.7 Å². The van der Waals surface area contributed by atoms with Crippen LogP contribution in [0.25, 0.3) is 0 Å². The van der Waals surface area contributed by atoms with Crippen molar-refractivity contribution in [2.24, 2.45) is 0 Å². The fourth-order valence-corrected chi connectivity index (χ4v) is 1.97. The Morgan fingerprint density at radius 3 is 2.63 bits per heavy atom. The van der Waals surface area contributed by atoms with Crippen LogP contribution in [-0.4, -0.2) is 24.0 Å². The van der Waals surface area contributed by atoms with Gasteiger partial charge in [0, 0.05) is 16.3 Å². The van der Waals surface area contributed by atoms with Crippen LogP contribution in [0.5, 0.6) is 0 Å². The summed E-state index contributed by atoms with van der Waals surface area (Å²) in [5.41, 5.74) is -0.845. The first-order valence-electron chi connectivity index (χ1n) is 5.43. The number of rotatable bonds is 4. The van der Waals surface area contributed by atoms with Crippen molar-refractivity contribution in [2.75, 3.05) is 12.8 Å². The van der Waals surface area contributed by atoms with Gasteiger partial charge in [0.05, 0.1) is 11.1 Å². The van der Waals surface area contributed by atoms with Gasteiger partial charge in [0.1, 0.15) is 0 Å². The molecule has 0 aliphatic carbocycles. The molecule has 0 aliphatic heterocycles. The Balaban J connectivity index is 2.90. The molecule has 1 N–H and O–H groups in total. The van der Waals surface area contributed by atoms with Crippen molar-refractivity contribution in [3.63, 3.8) is 0 Å². The van der Waals surface area contributed by atoms with Crippen molar-refractivity contribution in [3.8, 4) is 0 Å². The molecular weight excluding hydrogens is 343 g/mol. The van der Waals surface area contributed by atoms with Gasteiger partial charge >= 0.3 is 6.18 Å². The van der Waals surface area contributed by atoms with Gasteiger partial charge < -0.3 is 5.32 Å². The SMILES string of the molecule is CSC(C)CNC(=O)c1cc(C(F)(F)F)ccc1Br. The summed E-state index contributed by atoms with van der Waals surface area (Å²) in [6, 6.07) is 3.02. The van der Waals surface area contributed by atoms with Crippen LogP contribution in [0.4, 0.5) is 13.2 Å². The smallest absolute Gasteiger partial charge is 0.351 e. The van der Waals surface area contributed by atoms with Crippen LogP contribution in [0.2, 0.25) is 0 Å². The third-order valence-corrected chi connectivity index (χ3v) is 4.15. The second-order valence-corrected chi connectivity index (χ2v) is 6.08. The predicted octanol–water partition coefficient (Wildman–Crippen LogP) is 3.95. The van der Waals surface area contributed by atoms with Crippen LogP contribution >= 0.6 is 27.7 Å². The zero-order valence-electron chi connectivity index (χ0n) is 10.3. The second-order valence-electron chi connectivity index (χ2n) is 3.95. The molecule has 0 heterocycles. The number of hydrogen-bond acceptors (Lipinski definition) is 2. The number of thioether (sulfide) groups is 1. The van der Waals surface area contributed by atoms with Crippen LogP contribution in [0, 0.1) is 0 Å². The first-order valence-corrected chi connectivity index (χ1v) is 7.51. The van der Waals surface area contributed by atoms with E-state index >= 15 is 0 Å². The van der Waals surface area contributed by atoms with Crippen molar-refractivity contribution in [3.05, 3.63) is 33.8 Å². The fourth-order valence-electron chi connectivity index (χ4n) is 1.29. The molecule has 2 nitrogen and oxygen atoms in total. The summed E-state index contributed by atoms with van der Waals surface area (Å²) >= 11 is 4.66. The summed E-state index contributed by atoms with van der Waals surface area (Å²) in [5, 5.41) is 2.81. The van der Waals surface area contributed by atoms with Gasteiger partial charge in [0.15, 0.2) is 0 Å². The highest BCUT2D eigenvalue weighted by atomic mass is 79.9. The van der Waals surface area contributed by atoms with Crippen molar-refractivity contribution < 1.29 is 18.0 Å². The molecule has 0 saturated heterocycles. The zero-order chi connectivity index (χ0) is 14.6. The Morgan fingerprint density at radius 2 is 2.11 bits per heavy atom. The van der Waals surface area contributed by atoms with Gasteiger partial charge in [0.2, 0.25) is 0 Å². The molecular formula is C12H13BrF3NOS. The van der Waals surface area contributed by atoms with Crippen LogP contribution in [-0.2, 0) is 6.18 Å². The molecule has 1 aromatic carbocycles. The van der Waals surface area contributed by atoms with Gasteiger partial charge in [-0.25, -0.2) is 0 Å². The Bertz CT molecular complexity index is 465. The van der Waals surface area contributed by atoms with Gasteiger partial charge in [-0.3, -0.25) is 4.79 Å². The van der Waals surface area contributed by atoms with Gasteiger partial charge in [-0.1, -0.05) is 6.92 Å². The number of alkyl halides is 3. The standard InChI is InChI=1S/C12H13BrF3NOS/c1-7(19-2)6-17-11(18)9-5-8(12(14,15)16)3-4-10(9)13/h3-5,7H,6H2,1-2H3,(H,17,18). The minimum atomic E-state index is -4.46. The molecule has 1 atom stereocenters. The molecule has 0 bridgehead atoms. The summed E-state index contributed by atoms with van der Waals surface area (Å²) < 4.78 is 38.1. The summed E-state index contributed by atoms with van der Waals surface area (Å²) in [5.74, 6) is -0.515. The number of carbonyl (C=O) groups excluding carboxylic acids is 1. The van der Waals surface area contributed by atoms with Crippen LogP contribution in [0.1, 0.15) is 22.8 Å². The summed E-state index contributed by atoms with van der Waals surface area (Å²) in [4.78, 5) is 11.8. The van der Waals surface area contributed by atoms with Gasteiger partial charge in [-0.15, -0.1) is 0 Å². The van der Waals surface area contributed by atoms with Gasteiger partial charge in [-0.05, 0) is 40.4 Å². The van der Waals surface area contributed by atoms with Crippen LogP contribution < -0.4 is 5.32 Å². The normalized spacial score (nSPS) is 13.2. The second kappa shape index (κ2) is 6.65. The Morgan fingerprint density at radius 1 is 1.47 bits per heavy atom. The highest BCUT2D eigenvalue weighted by Gasteiger charge is 2.31. The van der Waals surface area contributed by atoms with Crippen LogP contribution in [0.3, 0.4) is 0 Å². The quantitative estimate of drug-likeness (QED) is 0.885. The highest BCUT2D eigenvalue weighted by Crippen LogP contribution is 2.31. The van der Waals surface area contributed by atoms with E-state index in [2.05, 4.69) is 21.2 Å². The van der Waals surface area contributed by atoms with E-state index in [-0.39, 0.29) is 10.8 Å². The Kier molecular flexibility index (Phi) is 5.73. The minimum absolute atomic E-state index is 0.0110. The van der Waals surface area contributed by atoms with E-state index in [9.17, 15) is 18.0 Å². The Hall–Kier alpha value is -0.690. The van der Waals surface area contributed by atoms with Gasteiger partial charge in [0.25, 0.3) is 5.91 Å². The fraction of sp³-hybridized carbons (Fsp3) is 0.417. The van der Waals surface area contributed by atoms with Crippen molar-refractivity contribution in [1.82, 2.24) is 5.32 Å². The maximum atomic E-state index is 12.6. The van der Waals surface area contributed by atoms with E-state index < -0.39 is 17.6 Å². The molecule has 0 saturated carbocycles. The lowest BCUT2D eigenvalue weighted by Gasteiger charge is -2.13. The average molecular weight is 356 g/mol. The minimum Gasteiger partial charge on any atom is -0.351 e. The lowest BCUT2D eigenvalue weighted by molar-refractivity contribution is -0.137. The molecule has 1 unspecified atom stereocenters. The third-order valence-electron chi connectivity index (χ3n) is 2.49. The van der Waals surface area contributed by atoms with Crippen molar-refractivity contribution in [2.45, 2.75) is 18.3 Å². The molecule has 0 fully saturated rings. The van der Waals surface area contributed by atoms with Crippen molar-refractivity contribution >= 4 is 33.6 Å². The predicted molar refractivity (Wildman–Crippen MR) is 74.5 cm³/mol. The molecule has 19 heavy (non-hydrogen) atoms. The average Bonchev–Trinajstić information content (AvgIpc) is 2.34. The number of carbonyl (C=O) groups is 1. The van der Waals surface area contributed by atoms with Gasteiger partial charge in [-0.2, -0.15) is 24.9 Å². The molecule has 1 rings (SSSR count). The molecule has 1 amide bonds. The number of benzene rings is 1. The van der Waals surface area contributed by atoms with E-state index in [1.165, 1.54) is 6.07 Å². The largest absolute Gasteiger partial charge is 0.416 e. The summed E-state index contributed by atoms with van der Waals surface area (Å²) in [7, 11) is 0. The highest BCUT2D eigenvalue weighted by molar-refractivity contribution is 9.10. The number of halogens is 4. The van der Waals surface area contributed by atoms with Crippen molar-refractivity contribution in [1.29, 1.82) is 0 Å². The zero-order valence-corrected chi connectivity index (χ0v) is 12.7. The monoisotopic (exact) mass is 355 g/mol. The molecule has 0 aliphatic rings. The maximum Gasteiger partial charge on any atom is 0.416 e. The first kappa shape index (κ1) is 16.4. The topological polar surface area (TPSA) is 29.1 Å². The number of amides is 1. The third kappa shape index (κ3) is 4.72. The molecule has 7 heteroatoms. The summed E-state index contributed by atoms with van der Waals surface area (Å²) in [6.45, 7) is 2.33. The van der Waals surface area contributed by atoms with E-state index in [1.807, 2.05) is 13.2 Å². The first-order chi connectivity index (χ1) is 8.75. The van der Waals surface area contributed by atoms with E-state index in [4.69, 9.17) is 0 Å².